The van der Waals surface area contributed by atoms with Gasteiger partial charge in [-0.15, -0.1) is 0 Å². The first-order valence-electron chi connectivity index (χ1n) is 7.13. The number of benzene rings is 2. The Morgan fingerprint density at radius 1 is 1.00 bits per heavy atom. The monoisotopic (exact) mass is 260 g/mol. The van der Waals surface area contributed by atoms with Gasteiger partial charge in [0.05, 0.1) is 5.92 Å². The highest BCUT2D eigenvalue weighted by Crippen LogP contribution is 2.55. The zero-order chi connectivity index (χ0) is 13.7. The molecule has 0 amide bonds. The number of Topliss-reactive ketones (excluding diaryl/α,β-unsaturated/α-hetero) is 1. The molecule has 0 aliphatic heterocycles. The Balaban J connectivity index is 2.15. The van der Waals surface area contributed by atoms with E-state index >= 15 is 0 Å². The maximum absolute atomic E-state index is 12.6. The molecule has 1 heteroatoms. The van der Waals surface area contributed by atoms with Gasteiger partial charge < -0.3 is 0 Å². The van der Waals surface area contributed by atoms with E-state index in [1.54, 1.807) is 0 Å². The van der Waals surface area contributed by atoms with Gasteiger partial charge in [0, 0.05) is 11.8 Å². The third kappa shape index (κ3) is 1.25. The van der Waals surface area contributed by atoms with Crippen LogP contribution in [0.5, 0.6) is 0 Å². The Labute approximate surface area is 119 Å². The predicted molar refractivity (Wildman–Crippen MR) is 79.9 cm³/mol. The fourth-order valence-corrected chi connectivity index (χ4v) is 4.06. The van der Waals surface area contributed by atoms with E-state index in [2.05, 4.69) is 48.6 Å². The minimum absolute atomic E-state index is 0.0606. The fourth-order valence-electron chi connectivity index (χ4n) is 4.06. The molecule has 0 radical (unpaired) electrons. The van der Waals surface area contributed by atoms with E-state index in [1.165, 1.54) is 22.3 Å². The van der Waals surface area contributed by atoms with Crippen molar-refractivity contribution in [3.05, 3.63) is 82.9 Å². The second-order valence-electron chi connectivity index (χ2n) is 5.72. The van der Waals surface area contributed by atoms with E-state index in [9.17, 15) is 4.79 Å². The summed E-state index contributed by atoms with van der Waals surface area (Å²) >= 11 is 0. The van der Waals surface area contributed by atoms with Gasteiger partial charge in [-0.2, -0.15) is 0 Å². The molecule has 0 saturated heterocycles. The summed E-state index contributed by atoms with van der Waals surface area (Å²) < 4.78 is 0. The minimum atomic E-state index is -0.256. The molecule has 0 N–H and O–H groups in total. The molecular formula is C19H16O. The molecule has 0 saturated carbocycles. The van der Waals surface area contributed by atoms with Crippen LogP contribution in [0.25, 0.3) is 0 Å². The molecule has 0 unspecified atom stereocenters. The summed E-state index contributed by atoms with van der Waals surface area (Å²) in [5, 5.41) is 0. The molecule has 0 fully saturated rings. The first kappa shape index (κ1) is 11.7. The molecule has 0 atom stereocenters. The highest BCUT2D eigenvalue weighted by atomic mass is 16.1. The van der Waals surface area contributed by atoms with Crippen LogP contribution >= 0.6 is 0 Å². The highest BCUT2D eigenvalue weighted by molar-refractivity contribution is 5.97. The van der Waals surface area contributed by atoms with Crippen molar-refractivity contribution in [3.8, 4) is 0 Å². The predicted octanol–water partition coefficient (Wildman–Crippen LogP) is 3.97. The van der Waals surface area contributed by atoms with E-state index in [0.29, 0.717) is 12.2 Å². The average molecular weight is 260 g/mol. The Morgan fingerprint density at radius 2 is 1.55 bits per heavy atom. The molecular weight excluding hydrogens is 244 g/mol. The minimum Gasteiger partial charge on any atom is -0.299 e. The van der Waals surface area contributed by atoms with Crippen molar-refractivity contribution in [2.75, 3.05) is 0 Å². The third-order valence-electron chi connectivity index (χ3n) is 4.73. The summed E-state index contributed by atoms with van der Waals surface area (Å²) in [7, 11) is 0. The summed E-state index contributed by atoms with van der Waals surface area (Å²) in [5.41, 5.74) is 4.75. The van der Waals surface area contributed by atoms with Crippen molar-refractivity contribution in [3.63, 3.8) is 0 Å². The molecule has 3 aliphatic rings. The van der Waals surface area contributed by atoms with Crippen LogP contribution in [0.15, 0.2) is 60.7 Å². The number of fused-ring (bicyclic) bond motifs is 1. The number of carbonyl (C=O) groups excluding carboxylic acids is 1. The lowest BCUT2D eigenvalue weighted by molar-refractivity contribution is -0.121. The summed E-state index contributed by atoms with van der Waals surface area (Å²) in [6, 6.07) is 16.8. The second kappa shape index (κ2) is 3.92. The zero-order valence-electron chi connectivity index (χ0n) is 11.5. The van der Waals surface area contributed by atoms with E-state index in [0.717, 1.165) is 0 Å². The second-order valence-corrected chi connectivity index (χ2v) is 5.72. The van der Waals surface area contributed by atoms with Crippen LogP contribution < -0.4 is 0 Å². The lowest BCUT2D eigenvalue weighted by atomic mass is 9.55. The number of allylic oxidation sites excluding steroid dienone is 2. The van der Waals surface area contributed by atoms with Crippen LogP contribution in [0.2, 0.25) is 0 Å². The van der Waals surface area contributed by atoms with Crippen molar-refractivity contribution in [1.82, 2.24) is 0 Å². The molecule has 5 rings (SSSR count). The Morgan fingerprint density at radius 3 is 2.10 bits per heavy atom. The van der Waals surface area contributed by atoms with Gasteiger partial charge in [0.25, 0.3) is 0 Å². The molecule has 0 spiro atoms. The molecule has 20 heavy (non-hydrogen) atoms. The fraction of sp³-hybridized carbons (Fsp3) is 0.211. The van der Waals surface area contributed by atoms with Crippen LogP contribution in [-0.2, 0) is 10.2 Å². The number of hydrogen-bond donors (Lipinski definition) is 0. The lowest BCUT2D eigenvalue weighted by Crippen LogP contribution is -2.43. The van der Waals surface area contributed by atoms with Gasteiger partial charge in [-0.1, -0.05) is 60.7 Å². The molecule has 2 aromatic carbocycles. The van der Waals surface area contributed by atoms with Crippen LogP contribution in [0.1, 0.15) is 41.5 Å². The van der Waals surface area contributed by atoms with Crippen LogP contribution in [0, 0.1) is 0 Å². The van der Waals surface area contributed by atoms with Crippen molar-refractivity contribution in [2.24, 2.45) is 0 Å². The maximum atomic E-state index is 12.6. The topological polar surface area (TPSA) is 17.1 Å². The number of rotatable bonds is 1. The SMILES string of the molecule is C/C=C\C12CC(=O)C(c3ccccc31)c1ccccc12. The van der Waals surface area contributed by atoms with Gasteiger partial charge >= 0.3 is 0 Å². The quantitative estimate of drug-likeness (QED) is 0.709. The Kier molecular flexibility index (Phi) is 2.29. The van der Waals surface area contributed by atoms with Gasteiger partial charge in [0.1, 0.15) is 5.78 Å². The van der Waals surface area contributed by atoms with Crippen molar-refractivity contribution in [1.29, 1.82) is 0 Å². The molecule has 0 heterocycles. The molecule has 0 aromatic heterocycles. The van der Waals surface area contributed by atoms with E-state index in [1.807, 2.05) is 19.1 Å². The van der Waals surface area contributed by atoms with E-state index in [4.69, 9.17) is 0 Å². The zero-order valence-corrected chi connectivity index (χ0v) is 11.5. The van der Waals surface area contributed by atoms with Gasteiger partial charge in [-0.05, 0) is 29.2 Å². The van der Waals surface area contributed by atoms with Gasteiger partial charge in [0.2, 0.25) is 0 Å². The standard InChI is InChI=1S/C19H16O/c1-2-11-19-12-17(20)18(13-7-3-5-9-15(13)19)14-8-4-6-10-16(14)19/h2-11,18H,12H2,1H3/b11-2-. The Bertz CT molecular complexity index is 691. The summed E-state index contributed by atoms with van der Waals surface area (Å²) in [5.74, 6) is 0.287. The highest BCUT2D eigenvalue weighted by Gasteiger charge is 2.50. The van der Waals surface area contributed by atoms with Crippen molar-refractivity contribution in [2.45, 2.75) is 24.7 Å². The normalized spacial score (nSPS) is 26.6. The van der Waals surface area contributed by atoms with Gasteiger partial charge in [-0.3, -0.25) is 4.79 Å². The van der Waals surface area contributed by atoms with Gasteiger partial charge in [0.15, 0.2) is 0 Å². The first-order valence-corrected chi connectivity index (χ1v) is 7.13. The largest absolute Gasteiger partial charge is 0.299 e. The molecule has 98 valence electrons. The van der Waals surface area contributed by atoms with Crippen LogP contribution in [0.4, 0.5) is 0 Å². The summed E-state index contributed by atoms with van der Waals surface area (Å²) in [4.78, 5) is 12.6. The number of ketones is 1. The van der Waals surface area contributed by atoms with Crippen molar-refractivity contribution < 1.29 is 4.79 Å². The molecule has 3 aliphatic carbocycles. The van der Waals surface area contributed by atoms with Crippen molar-refractivity contribution >= 4 is 5.78 Å². The smallest absolute Gasteiger partial charge is 0.146 e. The van der Waals surface area contributed by atoms with Crippen LogP contribution in [-0.4, -0.2) is 5.78 Å². The Hall–Kier alpha value is -2.15. The van der Waals surface area contributed by atoms with Crippen LogP contribution in [0.3, 0.4) is 0 Å². The lowest BCUT2D eigenvalue weighted by Gasteiger charge is -2.47. The van der Waals surface area contributed by atoms with Gasteiger partial charge in [-0.25, -0.2) is 0 Å². The number of hydrogen-bond acceptors (Lipinski definition) is 1. The molecule has 2 aromatic rings. The maximum Gasteiger partial charge on any atom is 0.146 e. The first-order chi connectivity index (χ1) is 9.78. The summed E-state index contributed by atoms with van der Waals surface area (Å²) in [6.07, 6.45) is 4.88. The number of carbonyl (C=O) groups is 1. The molecule has 1 nitrogen and oxygen atoms in total. The van der Waals surface area contributed by atoms with E-state index < -0.39 is 0 Å². The van der Waals surface area contributed by atoms with E-state index in [-0.39, 0.29) is 11.3 Å². The third-order valence-corrected chi connectivity index (χ3v) is 4.73. The average Bonchev–Trinajstić information content (AvgIpc) is 2.48. The summed E-state index contributed by atoms with van der Waals surface area (Å²) in [6.45, 7) is 2.03. The molecule has 2 bridgehead atoms.